The van der Waals surface area contributed by atoms with E-state index < -0.39 is 0 Å². The van der Waals surface area contributed by atoms with Gasteiger partial charge in [0.25, 0.3) is 0 Å². The number of anilines is 2. The Morgan fingerprint density at radius 3 is 2.40 bits per heavy atom. The summed E-state index contributed by atoms with van der Waals surface area (Å²) in [7, 11) is 0. The lowest BCUT2D eigenvalue weighted by atomic mass is 10.0. The summed E-state index contributed by atoms with van der Waals surface area (Å²) in [4.78, 5) is 13.7. The van der Waals surface area contributed by atoms with Crippen LogP contribution in [0, 0.1) is 0 Å². The molecule has 2 aliphatic rings. The maximum absolute atomic E-state index is 5.79. The fourth-order valence-corrected chi connectivity index (χ4v) is 3.67. The summed E-state index contributed by atoms with van der Waals surface area (Å²) >= 11 is 3.39. The van der Waals surface area contributed by atoms with Crippen molar-refractivity contribution in [3.05, 3.63) is 10.7 Å². The van der Waals surface area contributed by atoms with Crippen LogP contribution < -0.4 is 10.6 Å². The number of piperidine rings is 2. The first-order valence-electron chi connectivity index (χ1n) is 7.51. The number of hydrogen-bond acceptors (Lipinski definition) is 5. The molecular weight excluding hydrogens is 318 g/mol. The number of nitrogen functional groups attached to an aromatic ring is 1. The fraction of sp³-hybridized carbons (Fsp3) is 0.714. The number of hydrogen-bond donors (Lipinski definition) is 1. The van der Waals surface area contributed by atoms with Gasteiger partial charge in [-0.25, -0.2) is 4.98 Å². The smallest absolute Gasteiger partial charge is 0.228 e. The molecule has 0 amide bonds. The first-order valence-corrected chi connectivity index (χ1v) is 8.31. The first kappa shape index (κ1) is 14.1. The topological polar surface area (TPSA) is 58.3 Å². The SMILES string of the molecule is Nc1cc(Br)nc(N2CCC(N3CCCCC3)CC2)n1. The van der Waals surface area contributed by atoms with Crippen molar-refractivity contribution in [2.45, 2.75) is 38.1 Å². The lowest BCUT2D eigenvalue weighted by Crippen LogP contribution is -2.47. The molecule has 0 radical (unpaired) electrons. The summed E-state index contributed by atoms with van der Waals surface area (Å²) < 4.78 is 0.762. The first-order chi connectivity index (χ1) is 9.72. The molecular formula is C14H22BrN5. The lowest BCUT2D eigenvalue weighted by molar-refractivity contribution is 0.141. The van der Waals surface area contributed by atoms with Crippen molar-refractivity contribution in [2.75, 3.05) is 36.8 Å². The van der Waals surface area contributed by atoms with E-state index in [1.54, 1.807) is 6.07 Å². The molecule has 2 N–H and O–H groups in total. The molecule has 0 saturated carbocycles. The number of nitrogens with two attached hydrogens (primary N) is 1. The Morgan fingerprint density at radius 2 is 1.75 bits per heavy atom. The van der Waals surface area contributed by atoms with Crippen molar-refractivity contribution >= 4 is 27.7 Å². The van der Waals surface area contributed by atoms with Gasteiger partial charge in [-0.2, -0.15) is 4.98 Å². The van der Waals surface area contributed by atoms with E-state index in [1.165, 1.54) is 45.2 Å². The zero-order chi connectivity index (χ0) is 13.9. The summed E-state index contributed by atoms with van der Waals surface area (Å²) in [6.07, 6.45) is 6.54. The number of aromatic nitrogens is 2. The van der Waals surface area contributed by atoms with Gasteiger partial charge in [-0.1, -0.05) is 6.42 Å². The third-order valence-corrected chi connectivity index (χ3v) is 4.76. The number of rotatable bonds is 2. The summed E-state index contributed by atoms with van der Waals surface area (Å²) in [6, 6.07) is 2.49. The molecule has 0 atom stereocenters. The maximum Gasteiger partial charge on any atom is 0.228 e. The molecule has 2 fully saturated rings. The van der Waals surface area contributed by atoms with E-state index in [9.17, 15) is 0 Å². The summed E-state index contributed by atoms with van der Waals surface area (Å²) in [5.41, 5.74) is 5.79. The van der Waals surface area contributed by atoms with Crippen LogP contribution >= 0.6 is 15.9 Å². The van der Waals surface area contributed by atoms with Gasteiger partial charge in [-0.05, 0) is 54.7 Å². The van der Waals surface area contributed by atoms with Gasteiger partial charge >= 0.3 is 0 Å². The zero-order valence-corrected chi connectivity index (χ0v) is 13.3. The molecule has 0 bridgehead atoms. The standard InChI is InChI=1S/C14H22BrN5/c15-12-10-13(16)18-14(17-12)20-8-4-11(5-9-20)19-6-2-1-3-7-19/h10-11H,1-9H2,(H2,16,17,18). The van der Waals surface area contributed by atoms with E-state index in [2.05, 4.69) is 35.7 Å². The molecule has 0 aliphatic carbocycles. The maximum atomic E-state index is 5.79. The molecule has 20 heavy (non-hydrogen) atoms. The highest BCUT2D eigenvalue weighted by Gasteiger charge is 2.26. The second-order valence-corrected chi connectivity index (χ2v) is 6.54. The second kappa shape index (κ2) is 6.26. The molecule has 110 valence electrons. The van der Waals surface area contributed by atoms with Crippen LogP contribution in [0.15, 0.2) is 10.7 Å². The molecule has 0 spiro atoms. The molecule has 0 aromatic carbocycles. The molecule has 6 heteroatoms. The van der Waals surface area contributed by atoms with Crippen molar-refractivity contribution in [1.29, 1.82) is 0 Å². The van der Waals surface area contributed by atoms with Crippen LogP contribution in [0.1, 0.15) is 32.1 Å². The normalized spacial score (nSPS) is 22.1. The van der Waals surface area contributed by atoms with Crippen LogP contribution in [-0.4, -0.2) is 47.1 Å². The Labute approximate surface area is 128 Å². The van der Waals surface area contributed by atoms with Gasteiger partial charge in [0.05, 0.1) is 0 Å². The van der Waals surface area contributed by atoms with Crippen molar-refractivity contribution in [1.82, 2.24) is 14.9 Å². The highest BCUT2D eigenvalue weighted by atomic mass is 79.9. The van der Waals surface area contributed by atoms with E-state index in [1.807, 2.05) is 0 Å². The van der Waals surface area contributed by atoms with Crippen molar-refractivity contribution in [3.8, 4) is 0 Å². The highest BCUT2D eigenvalue weighted by Crippen LogP contribution is 2.24. The largest absolute Gasteiger partial charge is 0.383 e. The lowest BCUT2D eigenvalue weighted by Gasteiger charge is -2.40. The minimum absolute atomic E-state index is 0.528. The monoisotopic (exact) mass is 339 g/mol. The highest BCUT2D eigenvalue weighted by molar-refractivity contribution is 9.10. The van der Waals surface area contributed by atoms with Gasteiger partial charge < -0.3 is 15.5 Å². The van der Waals surface area contributed by atoms with Gasteiger partial charge in [0.15, 0.2) is 0 Å². The predicted octanol–water partition coefficient (Wildman–Crippen LogP) is 2.28. The second-order valence-electron chi connectivity index (χ2n) is 5.73. The van der Waals surface area contributed by atoms with Crippen molar-refractivity contribution in [3.63, 3.8) is 0 Å². The van der Waals surface area contributed by atoms with E-state index in [0.717, 1.165) is 29.7 Å². The van der Waals surface area contributed by atoms with Gasteiger partial charge in [0, 0.05) is 25.2 Å². The average Bonchev–Trinajstić information content (AvgIpc) is 2.47. The van der Waals surface area contributed by atoms with Gasteiger partial charge in [-0.3, -0.25) is 0 Å². The number of nitrogens with zero attached hydrogens (tertiary/aromatic N) is 4. The molecule has 1 aromatic rings. The summed E-state index contributed by atoms with van der Waals surface area (Å²) in [5, 5.41) is 0. The van der Waals surface area contributed by atoms with Crippen LogP contribution in [0.4, 0.5) is 11.8 Å². The third kappa shape index (κ3) is 3.23. The Balaban J connectivity index is 1.60. The molecule has 2 aliphatic heterocycles. The molecule has 3 rings (SSSR count). The number of halogens is 1. The van der Waals surface area contributed by atoms with Crippen LogP contribution in [0.25, 0.3) is 0 Å². The summed E-state index contributed by atoms with van der Waals surface area (Å²) in [5.74, 6) is 1.29. The molecule has 3 heterocycles. The Kier molecular flexibility index (Phi) is 4.41. The van der Waals surface area contributed by atoms with Crippen LogP contribution in [0.3, 0.4) is 0 Å². The van der Waals surface area contributed by atoms with Crippen LogP contribution in [0.5, 0.6) is 0 Å². The minimum atomic E-state index is 0.528. The van der Waals surface area contributed by atoms with Crippen LogP contribution in [-0.2, 0) is 0 Å². The fourth-order valence-electron chi connectivity index (χ4n) is 3.28. The molecule has 1 aromatic heterocycles. The average molecular weight is 340 g/mol. The Hall–Kier alpha value is -0.880. The van der Waals surface area contributed by atoms with Crippen LogP contribution in [0.2, 0.25) is 0 Å². The minimum Gasteiger partial charge on any atom is -0.383 e. The third-order valence-electron chi connectivity index (χ3n) is 4.36. The Bertz CT molecular complexity index is 433. The van der Waals surface area contributed by atoms with Crippen molar-refractivity contribution < 1.29 is 0 Å². The quantitative estimate of drug-likeness (QED) is 0.837. The zero-order valence-electron chi connectivity index (χ0n) is 11.8. The summed E-state index contributed by atoms with van der Waals surface area (Å²) in [6.45, 7) is 4.62. The predicted molar refractivity (Wildman–Crippen MR) is 84.8 cm³/mol. The van der Waals surface area contributed by atoms with E-state index in [-0.39, 0.29) is 0 Å². The Morgan fingerprint density at radius 1 is 1.05 bits per heavy atom. The molecule has 0 unspecified atom stereocenters. The molecule has 5 nitrogen and oxygen atoms in total. The van der Waals surface area contributed by atoms with Crippen molar-refractivity contribution in [2.24, 2.45) is 0 Å². The van der Waals surface area contributed by atoms with Gasteiger partial charge in [0.2, 0.25) is 5.95 Å². The van der Waals surface area contributed by atoms with E-state index in [0.29, 0.717) is 5.82 Å². The van der Waals surface area contributed by atoms with Gasteiger partial charge in [0.1, 0.15) is 10.4 Å². The van der Waals surface area contributed by atoms with Gasteiger partial charge in [-0.15, -0.1) is 0 Å². The number of likely N-dealkylation sites (tertiary alicyclic amines) is 1. The van der Waals surface area contributed by atoms with E-state index in [4.69, 9.17) is 5.73 Å². The molecule has 2 saturated heterocycles. The van der Waals surface area contributed by atoms with E-state index >= 15 is 0 Å².